The number of nitrogens with two attached hydrogens (primary N) is 1. The second-order valence-electron chi connectivity index (χ2n) is 7.26. The highest BCUT2D eigenvalue weighted by Gasteiger charge is 2.36. The smallest absolute Gasteiger partial charge is 0.267 e. The van der Waals surface area contributed by atoms with Crippen molar-refractivity contribution in [2.75, 3.05) is 0 Å². The third-order valence-electron chi connectivity index (χ3n) is 4.91. The van der Waals surface area contributed by atoms with Gasteiger partial charge in [0.25, 0.3) is 5.89 Å². The van der Waals surface area contributed by atoms with E-state index in [1.807, 2.05) is 13.8 Å². The summed E-state index contributed by atoms with van der Waals surface area (Å²) in [5.41, 5.74) is 8.31. The molecule has 1 aliphatic carbocycles. The molecule has 130 valence electrons. The maximum Gasteiger partial charge on any atom is 0.267 e. The van der Waals surface area contributed by atoms with E-state index >= 15 is 0 Å². The minimum atomic E-state index is -0.436. The summed E-state index contributed by atoms with van der Waals surface area (Å²) in [7, 11) is 0. The molecule has 24 heavy (non-hydrogen) atoms. The summed E-state index contributed by atoms with van der Waals surface area (Å²) in [5.74, 6) is 2.41. The molecule has 1 unspecified atom stereocenters. The third kappa shape index (κ3) is 3.31. The van der Waals surface area contributed by atoms with Gasteiger partial charge in [-0.15, -0.1) is 0 Å². The van der Waals surface area contributed by atoms with E-state index in [1.54, 1.807) is 0 Å². The van der Waals surface area contributed by atoms with Crippen LogP contribution < -0.4 is 10.5 Å². The first-order chi connectivity index (χ1) is 11.4. The number of rotatable bonds is 5. The van der Waals surface area contributed by atoms with Crippen molar-refractivity contribution in [3.05, 3.63) is 41.0 Å². The van der Waals surface area contributed by atoms with Crippen molar-refractivity contribution >= 4 is 0 Å². The molecular formula is C19H27N3O2. The molecule has 2 N–H and O–H groups in total. The van der Waals surface area contributed by atoms with E-state index in [-0.39, 0.29) is 6.10 Å². The summed E-state index contributed by atoms with van der Waals surface area (Å²) >= 11 is 0. The van der Waals surface area contributed by atoms with E-state index in [1.165, 1.54) is 5.56 Å². The van der Waals surface area contributed by atoms with Crippen molar-refractivity contribution in [1.82, 2.24) is 10.1 Å². The van der Waals surface area contributed by atoms with Gasteiger partial charge < -0.3 is 15.0 Å². The molecule has 1 aromatic carbocycles. The first kappa shape index (κ1) is 17.0. The van der Waals surface area contributed by atoms with Crippen LogP contribution in [0.25, 0.3) is 0 Å². The van der Waals surface area contributed by atoms with Gasteiger partial charge >= 0.3 is 0 Å². The number of hydrogen-bond donors (Lipinski definition) is 1. The van der Waals surface area contributed by atoms with Crippen LogP contribution in [0.5, 0.6) is 5.75 Å². The molecule has 1 aromatic heterocycles. The van der Waals surface area contributed by atoms with Crippen LogP contribution in [0, 0.1) is 6.92 Å². The lowest BCUT2D eigenvalue weighted by Gasteiger charge is -2.18. The van der Waals surface area contributed by atoms with Crippen LogP contribution >= 0.6 is 0 Å². The summed E-state index contributed by atoms with van der Waals surface area (Å²) in [6.45, 7) is 8.31. The highest BCUT2D eigenvalue weighted by atomic mass is 16.5. The van der Waals surface area contributed by atoms with Crippen molar-refractivity contribution in [1.29, 1.82) is 0 Å². The average molecular weight is 329 g/mol. The SMILES string of the molecule is Cc1ccc(C(C)C)cc1OC(C)c1nc(C2(N)CCCC2)no1. The molecule has 0 spiro atoms. The Bertz CT molecular complexity index is 702. The molecular weight excluding hydrogens is 302 g/mol. The number of aromatic nitrogens is 2. The van der Waals surface area contributed by atoms with E-state index in [0.29, 0.717) is 17.6 Å². The van der Waals surface area contributed by atoms with Crippen LogP contribution in [0.4, 0.5) is 0 Å². The summed E-state index contributed by atoms with van der Waals surface area (Å²) < 4.78 is 11.5. The van der Waals surface area contributed by atoms with Crippen LogP contribution in [0.2, 0.25) is 0 Å². The van der Waals surface area contributed by atoms with E-state index in [2.05, 4.69) is 42.2 Å². The van der Waals surface area contributed by atoms with Crippen LogP contribution in [-0.2, 0) is 5.54 Å². The van der Waals surface area contributed by atoms with Gasteiger partial charge in [-0.25, -0.2) is 0 Å². The molecule has 0 saturated heterocycles. The molecule has 5 heteroatoms. The topological polar surface area (TPSA) is 74.2 Å². The van der Waals surface area contributed by atoms with Crippen molar-refractivity contribution < 1.29 is 9.26 Å². The molecule has 5 nitrogen and oxygen atoms in total. The van der Waals surface area contributed by atoms with Gasteiger partial charge in [-0.3, -0.25) is 0 Å². The molecule has 0 amide bonds. The van der Waals surface area contributed by atoms with E-state index in [4.69, 9.17) is 15.0 Å². The molecule has 1 saturated carbocycles. The fourth-order valence-corrected chi connectivity index (χ4v) is 3.18. The average Bonchev–Trinajstić information content (AvgIpc) is 3.19. The lowest BCUT2D eigenvalue weighted by molar-refractivity contribution is 0.174. The van der Waals surface area contributed by atoms with Gasteiger partial charge in [0.1, 0.15) is 5.75 Å². The van der Waals surface area contributed by atoms with Crippen LogP contribution in [-0.4, -0.2) is 10.1 Å². The summed E-state index contributed by atoms with van der Waals surface area (Å²) in [6.07, 6.45) is 3.76. The van der Waals surface area contributed by atoms with Crippen LogP contribution in [0.1, 0.15) is 81.3 Å². The van der Waals surface area contributed by atoms with Crippen molar-refractivity contribution in [2.24, 2.45) is 5.73 Å². The Kier molecular flexibility index (Phi) is 4.63. The zero-order chi connectivity index (χ0) is 17.3. The van der Waals surface area contributed by atoms with Crippen molar-refractivity contribution in [2.45, 2.75) is 70.9 Å². The predicted octanol–water partition coefficient (Wildman–Crippen LogP) is 4.37. The lowest BCUT2D eigenvalue weighted by Crippen LogP contribution is -2.34. The Hall–Kier alpha value is -1.88. The first-order valence-corrected chi connectivity index (χ1v) is 8.79. The van der Waals surface area contributed by atoms with Crippen molar-refractivity contribution in [3.8, 4) is 5.75 Å². The molecule has 0 radical (unpaired) electrons. The summed E-state index contributed by atoms with van der Waals surface area (Å²) in [4.78, 5) is 4.52. The monoisotopic (exact) mass is 329 g/mol. The molecule has 1 fully saturated rings. The van der Waals surface area contributed by atoms with E-state index < -0.39 is 5.54 Å². The van der Waals surface area contributed by atoms with Gasteiger partial charge in [0, 0.05) is 0 Å². The van der Waals surface area contributed by atoms with Gasteiger partial charge in [-0.05, 0) is 49.8 Å². The molecule has 1 aliphatic rings. The fraction of sp³-hybridized carbons (Fsp3) is 0.579. The molecule has 2 aromatic rings. The second-order valence-corrected chi connectivity index (χ2v) is 7.26. The molecule has 1 atom stereocenters. The first-order valence-electron chi connectivity index (χ1n) is 8.79. The highest BCUT2D eigenvalue weighted by Crippen LogP contribution is 2.35. The van der Waals surface area contributed by atoms with E-state index in [9.17, 15) is 0 Å². The highest BCUT2D eigenvalue weighted by molar-refractivity contribution is 5.38. The Balaban J connectivity index is 1.77. The van der Waals surface area contributed by atoms with Gasteiger partial charge in [0.15, 0.2) is 11.9 Å². The number of benzene rings is 1. The minimum absolute atomic E-state index is 0.308. The number of hydrogen-bond acceptors (Lipinski definition) is 5. The number of aryl methyl sites for hydroxylation is 1. The zero-order valence-corrected chi connectivity index (χ0v) is 15.0. The minimum Gasteiger partial charge on any atom is -0.481 e. The lowest BCUT2D eigenvalue weighted by atomic mass is 9.99. The Morgan fingerprint density at radius 3 is 2.58 bits per heavy atom. The van der Waals surface area contributed by atoms with E-state index in [0.717, 1.165) is 37.0 Å². The number of ether oxygens (including phenoxy) is 1. The predicted molar refractivity (Wildman–Crippen MR) is 92.9 cm³/mol. The maximum atomic E-state index is 6.40. The summed E-state index contributed by atoms with van der Waals surface area (Å²) in [5, 5.41) is 4.11. The van der Waals surface area contributed by atoms with Crippen LogP contribution in [0.15, 0.2) is 22.7 Å². The normalized spacial score (nSPS) is 18.1. The number of nitrogens with zero attached hydrogens (tertiary/aromatic N) is 2. The maximum absolute atomic E-state index is 6.40. The molecule has 0 bridgehead atoms. The molecule has 3 rings (SSSR count). The van der Waals surface area contributed by atoms with Crippen LogP contribution in [0.3, 0.4) is 0 Å². The largest absolute Gasteiger partial charge is 0.481 e. The summed E-state index contributed by atoms with van der Waals surface area (Å²) in [6, 6.07) is 6.32. The molecule has 1 heterocycles. The van der Waals surface area contributed by atoms with Crippen molar-refractivity contribution in [3.63, 3.8) is 0 Å². The Morgan fingerprint density at radius 2 is 1.92 bits per heavy atom. The molecule has 0 aliphatic heterocycles. The third-order valence-corrected chi connectivity index (χ3v) is 4.91. The Morgan fingerprint density at radius 1 is 1.21 bits per heavy atom. The quantitative estimate of drug-likeness (QED) is 0.881. The van der Waals surface area contributed by atoms with Gasteiger partial charge in [-0.1, -0.05) is 44.0 Å². The standard InChI is InChI=1S/C19H27N3O2/c1-12(2)15-8-7-13(3)16(11-15)23-14(4)17-21-18(22-24-17)19(20)9-5-6-10-19/h7-8,11-12,14H,5-6,9-10,20H2,1-4H3. The Labute approximate surface area is 143 Å². The van der Waals surface area contributed by atoms with Gasteiger partial charge in [0.2, 0.25) is 0 Å². The fourth-order valence-electron chi connectivity index (χ4n) is 3.18. The van der Waals surface area contributed by atoms with Gasteiger partial charge in [-0.2, -0.15) is 4.98 Å². The van der Waals surface area contributed by atoms with Gasteiger partial charge in [0.05, 0.1) is 5.54 Å². The second kappa shape index (κ2) is 6.55. The zero-order valence-electron chi connectivity index (χ0n) is 15.0.